The summed E-state index contributed by atoms with van der Waals surface area (Å²) in [5.41, 5.74) is 1.56. The molecule has 0 spiro atoms. The molecule has 0 saturated carbocycles. The Labute approximate surface area is 214 Å². The van der Waals surface area contributed by atoms with Crippen molar-refractivity contribution >= 4 is 40.8 Å². The Balaban J connectivity index is 1.74. The molecule has 0 aliphatic heterocycles. The zero-order valence-electron chi connectivity index (χ0n) is 20.3. The van der Waals surface area contributed by atoms with Crippen molar-refractivity contribution in [1.82, 2.24) is 9.88 Å². The monoisotopic (exact) mass is 509 g/mol. The summed E-state index contributed by atoms with van der Waals surface area (Å²) in [6, 6.07) is 14.7. The number of carbonyl (C=O) groups excluding carboxylic acids is 2. The minimum atomic E-state index is -0.474. The molecule has 3 aromatic rings. The molecule has 2 aromatic carbocycles. The molecule has 0 bridgehead atoms. The predicted molar refractivity (Wildman–Crippen MR) is 141 cm³/mol. The van der Waals surface area contributed by atoms with E-state index in [9.17, 15) is 9.59 Å². The third kappa shape index (κ3) is 7.03. The highest BCUT2D eigenvalue weighted by atomic mass is 35.5. The second kappa shape index (κ2) is 12.7. The molecule has 10 heteroatoms. The Hall–Kier alpha value is -3.95. The van der Waals surface area contributed by atoms with Gasteiger partial charge in [-0.05, 0) is 49.4 Å². The summed E-state index contributed by atoms with van der Waals surface area (Å²) >= 11 is 5.86. The number of benzene rings is 2. The number of amides is 2. The zero-order valence-corrected chi connectivity index (χ0v) is 21.1. The average molecular weight is 510 g/mol. The highest BCUT2D eigenvalue weighted by molar-refractivity contribution is 6.30. The van der Waals surface area contributed by atoms with Gasteiger partial charge in [-0.25, -0.2) is 4.98 Å². The van der Waals surface area contributed by atoms with Gasteiger partial charge in [0, 0.05) is 37.5 Å². The minimum Gasteiger partial charge on any atom is -0.497 e. The second-order valence-electron chi connectivity index (χ2n) is 7.73. The van der Waals surface area contributed by atoms with Crippen molar-refractivity contribution in [3.63, 3.8) is 0 Å². The molecule has 188 valence electrons. The number of carbonyl (C=O) groups is 2. The Morgan fingerprint density at radius 3 is 2.39 bits per heavy atom. The van der Waals surface area contributed by atoms with E-state index in [0.717, 1.165) is 0 Å². The molecule has 3 rings (SSSR count). The number of hydrogen-bond donors (Lipinski definition) is 3. The minimum absolute atomic E-state index is 0.203. The normalized spacial score (nSPS) is 10.4. The number of ether oxygens (including phenoxy) is 2. The SMILES string of the molecule is CCOCCN(C)C(=N)c1ccc(C(=O)Nc2ccc(OC)cc2C(=O)Nc2ccc(Cl)cn2)cc1. The van der Waals surface area contributed by atoms with Crippen LogP contribution in [-0.4, -0.2) is 61.4 Å². The van der Waals surface area contributed by atoms with E-state index in [-0.39, 0.29) is 5.56 Å². The van der Waals surface area contributed by atoms with Crippen molar-refractivity contribution in [3.8, 4) is 5.75 Å². The van der Waals surface area contributed by atoms with Crippen LogP contribution in [0.2, 0.25) is 5.02 Å². The van der Waals surface area contributed by atoms with Crippen molar-refractivity contribution in [3.05, 3.63) is 82.5 Å². The molecular weight excluding hydrogens is 482 g/mol. The highest BCUT2D eigenvalue weighted by Gasteiger charge is 2.17. The summed E-state index contributed by atoms with van der Waals surface area (Å²) < 4.78 is 10.6. The van der Waals surface area contributed by atoms with Crippen LogP contribution in [0.4, 0.5) is 11.5 Å². The van der Waals surface area contributed by atoms with Crippen molar-refractivity contribution in [2.45, 2.75) is 6.92 Å². The molecule has 0 fully saturated rings. The van der Waals surface area contributed by atoms with Crippen LogP contribution in [0.25, 0.3) is 0 Å². The molecule has 0 aliphatic carbocycles. The first-order valence-corrected chi connectivity index (χ1v) is 11.6. The Morgan fingerprint density at radius 1 is 1.03 bits per heavy atom. The largest absolute Gasteiger partial charge is 0.497 e. The molecule has 1 heterocycles. The smallest absolute Gasteiger partial charge is 0.259 e. The number of amidine groups is 1. The summed E-state index contributed by atoms with van der Waals surface area (Å²) in [6.07, 6.45) is 1.42. The van der Waals surface area contributed by atoms with Crippen molar-refractivity contribution in [2.24, 2.45) is 0 Å². The number of aromatic nitrogens is 1. The maximum Gasteiger partial charge on any atom is 0.259 e. The van der Waals surface area contributed by atoms with E-state index >= 15 is 0 Å². The van der Waals surface area contributed by atoms with Crippen molar-refractivity contribution in [2.75, 3.05) is 44.5 Å². The Bertz CT molecular complexity index is 1220. The molecular formula is C26H28ClN5O4. The number of hydrogen-bond acceptors (Lipinski definition) is 6. The Kier molecular flexibility index (Phi) is 9.38. The molecule has 0 aliphatic rings. The third-order valence-electron chi connectivity index (χ3n) is 5.27. The number of rotatable bonds is 10. The number of nitrogens with one attached hydrogen (secondary N) is 3. The van der Waals surface area contributed by atoms with Gasteiger partial charge in [0.1, 0.15) is 17.4 Å². The van der Waals surface area contributed by atoms with E-state index in [1.807, 2.05) is 14.0 Å². The summed E-state index contributed by atoms with van der Waals surface area (Å²) in [6.45, 7) is 3.66. The molecule has 0 saturated heterocycles. The summed E-state index contributed by atoms with van der Waals surface area (Å²) in [5, 5.41) is 14.3. The van der Waals surface area contributed by atoms with Crippen LogP contribution in [0.15, 0.2) is 60.8 Å². The first-order valence-electron chi connectivity index (χ1n) is 11.2. The van der Waals surface area contributed by atoms with E-state index in [0.29, 0.717) is 59.0 Å². The van der Waals surface area contributed by atoms with Crippen molar-refractivity contribution < 1.29 is 19.1 Å². The lowest BCUT2D eigenvalue weighted by molar-refractivity contribution is 0.102. The van der Waals surface area contributed by atoms with Gasteiger partial charge in [0.2, 0.25) is 0 Å². The van der Waals surface area contributed by atoms with Crippen LogP contribution >= 0.6 is 11.6 Å². The molecule has 0 atom stereocenters. The molecule has 0 unspecified atom stereocenters. The van der Waals surface area contributed by atoms with Crippen LogP contribution in [0.3, 0.4) is 0 Å². The van der Waals surface area contributed by atoms with E-state index in [2.05, 4.69) is 15.6 Å². The predicted octanol–water partition coefficient (Wildman–Crippen LogP) is 4.54. The maximum atomic E-state index is 13.0. The standard InChI is InChI=1S/C26H28ClN5O4/c1-4-36-14-13-32(2)24(28)17-5-7-18(8-6-17)25(33)30-22-11-10-20(35-3)15-21(22)26(34)31-23-12-9-19(27)16-29-23/h5-12,15-16,28H,4,13-14H2,1-3H3,(H,30,33)(H,29,31,34). The number of halogens is 1. The number of methoxy groups -OCH3 is 1. The zero-order chi connectivity index (χ0) is 26.1. The fraction of sp³-hybridized carbons (Fsp3) is 0.231. The fourth-order valence-electron chi connectivity index (χ4n) is 3.23. The lowest BCUT2D eigenvalue weighted by Crippen LogP contribution is -2.30. The van der Waals surface area contributed by atoms with Gasteiger partial charge in [-0.3, -0.25) is 15.0 Å². The second-order valence-corrected chi connectivity index (χ2v) is 8.16. The van der Waals surface area contributed by atoms with Gasteiger partial charge < -0.3 is 25.0 Å². The van der Waals surface area contributed by atoms with Crippen LogP contribution in [-0.2, 0) is 4.74 Å². The quantitative estimate of drug-likeness (QED) is 0.210. The topological polar surface area (TPSA) is 117 Å². The fourth-order valence-corrected chi connectivity index (χ4v) is 3.34. The lowest BCUT2D eigenvalue weighted by atomic mass is 10.1. The average Bonchev–Trinajstić information content (AvgIpc) is 2.89. The van der Waals surface area contributed by atoms with E-state index in [1.54, 1.807) is 53.4 Å². The van der Waals surface area contributed by atoms with E-state index in [4.69, 9.17) is 26.5 Å². The molecule has 2 amide bonds. The van der Waals surface area contributed by atoms with Gasteiger partial charge in [-0.2, -0.15) is 0 Å². The number of pyridine rings is 1. The van der Waals surface area contributed by atoms with Crippen molar-refractivity contribution in [1.29, 1.82) is 5.41 Å². The maximum absolute atomic E-state index is 13.0. The van der Waals surface area contributed by atoms with E-state index in [1.165, 1.54) is 19.4 Å². The van der Waals surface area contributed by atoms with Crippen LogP contribution in [0.1, 0.15) is 33.2 Å². The highest BCUT2D eigenvalue weighted by Crippen LogP contribution is 2.24. The molecule has 36 heavy (non-hydrogen) atoms. The van der Waals surface area contributed by atoms with Gasteiger partial charge in [-0.1, -0.05) is 23.7 Å². The first kappa shape index (κ1) is 26.7. The number of anilines is 2. The molecule has 0 radical (unpaired) electrons. The molecule has 1 aromatic heterocycles. The van der Waals surface area contributed by atoms with Gasteiger partial charge in [0.15, 0.2) is 0 Å². The van der Waals surface area contributed by atoms with Gasteiger partial charge in [-0.15, -0.1) is 0 Å². The van der Waals surface area contributed by atoms with Gasteiger partial charge in [0.25, 0.3) is 11.8 Å². The van der Waals surface area contributed by atoms with Crippen LogP contribution in [0, 0.1) is 5.41 Å². The van der Waals surface area contributed by atoms with Crippen LogP contribution < -0.4 is 15.4 Å². The first-order chi connectivity index (χ1) is 17.3. The third-order valence-corrected chi connectivity index (χ3v) is 5.49. The Morgan fingerprint density at radius 2 is 1.75 bits per heavy atom. The number of nitrogens with zero attached hydrogens (tertiary/aromatic N) is 2. The molecule has 3 N–H and O–H groups in total. The van der Waals surface area contributed by atoms with E-state index < -0.39 is 11.8 Å². The van der Waals surface area contributed by atoms with Gasteiger partial charge >= 0.3 is 0 Å². The number of likely N-dealkylation sites (N-methyl/N-ethyl adjacent to an activating group) is 1. The summed E-state index contributed by atoms with van der Waals surface area (Å²) in [4.78, 5) is 31.8. The summed E-state index contributed by atoms with van der Waals surface area (Å²) in [7, 11) is 3.31. The summed E-state index contributed by atoms with van der Waals surface area (Å²) in [5.74, 6) is 0.221. The van der Waals surface area contributed by atoms with Gasteiger partial charge in [0.05, 0.1) is 30.0 Å². The van der Waals surface area contributed by atoms with Crippen LogP contribution in [0.5, 0.6) is 5.75 Å². The lowest BCUT2D eigenvalue weighted by Gasteiger charge is -2.20. The molecule has 9 nitrogen and oxygen atoms in total.